The van der Waals surface area contributed by atoms with Crippen molar-refractivity contribution in [2.24, 2.45) is 0 Å². The summed E-state index contributed by atoms with van der Waals surface area (Å²) in [5, 5.41) is 0. The molecule has 0 spiro atoms. The first kappa shape index (κ1) is 12.8. The molecular weight excluding hydrogens is 246 g/mol. The van der Waals surface area contributed by atoms with Crippen molar-refractivity contribution < 1.29 is 14.3 Å². The third kappa shape index (κ3) is 2.79. The van der Waals surface area contributed by atoms with Gasteiger partial charge in [-0.3, -0.25) is 4.98 Å². The van der Waals surface area contributed by atoms with Crippen LogP contribution >= 0.6 is 0 Å². The average molecular weight is 259 g/mol. The van der Waals surface area contributed by atoms with Crippen LogP contribution in [0.4, 0.5) is 5.69 Å². The second-order valence-corrected chi connectivity index (χ2v) is 3.79. The fraction of sp³-hybridized carbons (Fsp3) is 0.154. The van der Waals surface area contributed by atoms with Crippen LogP contribution in [0.5, 0.6) is 11.6 Å². The van der Waals surface area contributed by atoms with Crippen LogP contribution in [-0.2, 0) is 4.74 Å². The van der Waals surface area contributed by atoms with Gasteiger partial charge in [-0.15, -0.1) is 0 Å². The Balaban J connectivity index is 2.32. The number of aryl methyl sites for hydroxylation is 1. The van der Waals surface area contributed by atoms with E-state index in [1.54, 1.807) is 18.3 Å². The van der Waals surface area contributed by atoms with Gasteiger partial charge in [0, 0.05) is 12.3 Å². The van der Waals surface area contributed by atoms with Gasteiger partial charge in [0.05, 0.1) is 30.3 Å². The Hall–Kier alpha value is -2.63. The summed E-state index contributed by atoms with van der Waals surface area (Å²) in [6.45, 7) is 1.81. The van der Waals surface area contributed by atoms with E-state index in [1.807, 2.05) is 6.92 Å². The van der Waals surface area contributed by atoms with E-state index < -0.39 is 5.97 Å². The normalized spacial score (nSPS) is 10.0. The third-order valence-electron chi connectivity index (χ3n) is 2.49. The van der Waals surface area contributed by atoms with E-state index in [2.05, 4.69) is 14.7 Å². The number of hydrogen-bond donors (Lipinski definition) is 1. The van der Waals surface area contributed by atoms with Crippen molar-refractivity contribution >= 4 is 11.7 Å². The highest BCUT2D eigenvalue weighted by Gasteiger charge is 2.13. The van der Waals surface area contributed by atoms with Gasteiger partial charge >= 0.3 is 5.97 Å². The number of carbonyl (C=O) groups excluding carboxylic acids is 1. The molecule has 0 aliphatic rings. The standard InChI is InChI=1S/C13H13N3O3/c1-8-11(4-3-5-15-8)19-12-6-9(13(17)18-2)10(14)7-16-12/h3-7H,14H2,1-2H3. The largest absolute Gasteiger partial charge is 0.465 e. The van der Waals surface area contributed by atoms with E-state index in [0.717, 1.165) is 5.69 Å². The highest BCUT2D eigenvalue weighted by molar-refractivity contribution is 5.95. The third-order valence-corrected chi connectivity index (χ3v) is 2.49. The predicted molar refractivity (Wildman–Crippen MR) is 69.0 cm³/mol. The Morgan fingerprint density at radius 1 is 1.37 bits per heavy atom. The van der Waals surface area contributed by atoms with Gasteiger partial charge in [-0.1, -0.05) is 0 Å². The number of carbonyl (C=O) groups is 1. The molecule has 0 saturated heterocycles. The lowest BCUT2D eigenvalue weighted by Crippen LogP contribution is -2.06. The zero-order valence-corrected chi connectivity index (χ0v) is 10.6. The van der Waals surface area contributed by atoms with Gasteiger partial charge in [0.2, 0.25) is 5.88 Å². The topological polar surface area (TPSA) is 87.3 Å². The lowest BCUT2D eigenvalue weighted by Gasteiger charge is -2.09. The molecule has 19 heavy (non-hydrogen) atoms. The Morgan fingerprint density at radius 2 is 2.16 bits per heavy atom. The molecule has 6 heteroatoms. The van der Waals surface area contributed by atoms with Crippen LogP contribution in [0.25, 0.3) is 0 Å². The first-order chi connectivity index (χ1) is 9.11. The molecule has 6 nitrogen and oxygen atoms in total. The summed E-state index contributed by atoms with van der Waals surface area (Å²) >= 11 is 0. The van der Waals surface area contributed by atoms with E-state index in [1.165, 1.54) is 19.4 Å². The van der Waals surface area contributed by atoms with Gasteiger partial charge in [-0.2, -0.15) is 0 Å². The van der Waals surface area contributed by atoms with Crippen LogP contribution in [0.3, 0.4) is 0 Å². The van der Waals surface area contributed by atoms with Crippen molar-refractivity contribution in [1.29, 1.82) is 0 Å². The minimum absolute atomic E-state index is 0.217. The van der Waals surface area contributed by atoms with E-state index in [4.69, 9.17) is 10.5 Å². The maximum Gasteiger partial charge on any atom is 0.340 e. The van der Waals surface area contributed by atoms with E-state index in [9.17, 15) is 4.79 Å². The molecule has 98 valence electrons. The molecule has 0 atom stereocenters. The minimum atomic E-state index is -0.535. The quantitative estimate of drug-likeness (QED) is 0.847. The first-order valence-corrected chi connectivity index (χ1v) is 5.55. The van der Waals surface area contributed by atoms with Crippen LogP contribution < -0.4 is 10.5 Å². The highest BCUT2D eigenvalue weighted by Crippen LogP contribution is 2.24. The van der Waals surface area contributed by atoms with Crippen molar-refractivity contribution in [3.63, 3.8) is 0 Å². The highest BCUT2D eigenvalue weighted by atomic mass is 16.5. The molecule has 0 aromatic carbocycles. The summed E-state index contributed by atoms with van der Waals surface area (Å²) in [4.78, 5) is 19.6. The number of hydrogen-bond acceptors (Lipinski definition) is 6. The van der Waals surface area contributed by atoms with Crippen molar-refractivity contribution in [2.45, 2.75) is 6.92 Å². The molecule has 0 unspecified atom stereocenters. The van der Waals surface area contributed by atoms with Crippen LogP contribution in [0, 0.1) is 6.92 Å². The number of esters is 1. The van der Waals surface area contributed by atoms with E-state index in [0.29, 0.717) is 5.75 Å². The summed E-state index contributed by atoms with van der Waals surface area (Å²) in [5.74, 6) is 0.286. The first-order valence-electron chi connectivity index (χ1n) is 5.55. The number of anilines is 1. The Morgan fingerprint density at radius 3 is 2.84 bits per heavy atom. The number of rotatable bonds is 3. The lowest BCUT2D eigenvalue weighted by molar-refractivity contribution is 0.0601. The van der Waals surface area contributed by atoms with Gasteiger partial charge in [0.15, 0.2) is 5.75 Å². The summed E-state index contributed by atoms with van der Waals surface area (Å²) < 4.78 is 10.2. The van der Waals surface area contributed by atoms with E-state index >= 15 is 0 Å². The maximum atomic E-state index is 11.5. The molecule has 0 fully saturated rings. The van der Waals surface area contributed by atoms with Crippen LogP contribution in [0.15, 0.2) is 30.6 Å². The zero-order chi connectivity index (χ0) is 13.8. The molecule has 0 radical (unpaired) electrons. The summed E-state index contributed by atoms with van der Waals surface area (Å²) in [5.41, 5.74) is 6.84. The number of nitrogen functional groups attached to an aromatic ring is 1. The van der Waals surface area contributed by atoms with Crippen molar-refractivity contribution in [3.8, 4) is 11.6 Å². The van der Waals surface area contributed by atoms with Gasteiger partial charge < -0.3 is 15.2 Å². The molecular formula is C13H13N3O3. The maximum absolute atomic E-state index is 11.5. The summed E-state index contributed by atoms with van der Waals surface area (Å²) in [7, 11) is 1.29. The fourth-order valence-electron chi connectivity index (χ4n) is 1.48. The number of pyridine rings is 2. The molecule has 2 aromatic rings. The predicted octanol–water partition coefficient (Wildman–Crippen LogP) is 1.95. The molecule has 0 saturated carbocycles. The number of nitrogens with zero attached hydrogens (tertiary/aromatic N) is 2. The molecule has 0 aliphatic heterocycles. The summed E-state index contributed by atoms with van der Waals surface area (Å²) in [6.07, 6.45) is 3.02. The van der Waals surface area contributed by atoms with Gasteiger partial charge in [-0.25, -0.2) is 9.78 Å². The smallest absolute Gasteiger partial charge is 0.340 e. The molecule has 2 aromatic heterocycles. The molecule has 2 heterocycles. The van der Waals surface area contributed by atoms with Gasteiger partial charge in [0.25, 0.3) is 0 Å². The second-order valence-electron chi connectivity index (χ2n) is 3.79. The Labute approximate surface area is 110 Å². The number of aromatic nitrogens is 2. The van der Waals surface area contributed by atoms with Crippen molar-refractivity contribution in [2.75, 3.05) is 12.8 Å². The Kier molecular flexibility index (Phi) is 3.61. The SMILES string of the molecule is COC(=O)c1cc(Oc2cccnc2C)ncc1N. The molecule has 0 amide bonds. The number of nitrogens with two attached hydrogens (primary N) is 1. The molecule has 0 bridgehead atoms. The van der Waals surface area contributed by atoms with E-state index in [-0.39, 0.29) is 17.1 Å². The van der Waals surface area contributed by atoms with Crippen molar-refractivity contribution in [3.05, 3.63) is 41.9 Å². The zero-order valence-electron chi connectivity index (χ0n) is 10.6. The van der Waals surface area contributed by atoms with Gasteiger partial charge in [-0.05, 0) is 19.1 Å². The fourth-order valence-corrected chi connectivity index (χ4v) is 1.48. The number of methoxy groups -OCH3 is 1. The molecule has 2 N–H and O–H groups in total. The number of ether oxygens (including phenoxy) is 2. The molecule has 0 aliphatic carbocycles. The van der Waals surface area contributed by atoms with Crippen LogP contribution in [0.2, 0.25) is 0 Å². The minimum Gasteiger partial charge on any atom is -0.465 e. The second kappa shape index (κ2) is 5.34. The Bertz CT molecular complexity index is 614. The monoisotopic (exact) mass is 259 g/mol. The van der Waals surface area contributed by atoms with Crippen LogP contribution in [0.1, 0.15) is 16.1 Å². The van der Waals surface area contributed by atoms with Crippen molar-refractivity contribution in [1.82, 2.24) is 9.97 Å². The lowest BCUT2D eigenvalue weighted by atomic mass is 10.2. The van der Waals surface area contributed by atoms with Gasteiger partial charge in [0.1, 0.15) is 0 Å². The van der Waals surface area contributed by atoms with Crippen LogP contribution in [-0.4, -0.2) is 23.0 Å². The molecule has 2 rings (SSSR count). The summed E-state index contributed by atoms with van der Waals surface area (Å²) in [6, 6.07) is 4.95. The average Bonchev–Trinajstić information content (AvgIpc) is 2.42.